The fraction of sp³-hybridized carbons (Fsp3) is 0. The van der Waals surface area contributed by atoms with Gasteiger partial charge in [-0.3, -0.25) is 0 Å². The molecule has 0 amide bonds. The SMILES string of the molecule is Clc1c(Br)ccc(Nc2nc3ccc(Br)cc3s2)c1Cl. The third-order valence-corrected chi connectivity index (χ3v) is 5.83. The van der Waals surface area contributed by atoms with Gasteiger partial charge in [-0.15, -0.1) is 0 Å². The minimum absolute atomic E-state index is 0.474. The summed E-state index contributed by atoms with van der Waals surface area (Å²) in [5.41, 5.74) is 1.68. The lowest BCUT2D eigenvalue weighted by atomic mass is 10.3. The minimum atomic E-state index is 0.474. The van der Waals surface area contributed by atoms with E-state index < -0.39 is 0 Å². The summed E-state index contributed by atoms with van der Waals surface area (Å²) in [6.45, 7) is 0. The zero-order chi connectivity index (χ0) is 14.3. The monoisotopic (exact) mass is 450 g/mol. The number of rotatable bonds is 2. The van der Waals surface area contributed by atoms with Crippen molar-refractivity contribution in [1.29, 1.82) is 0 Å². The highest BCUT2D eigenvalue weighted by Gasteiger charge is 2.11. The quantitative estimate of drug-likeness (QED) is 0.429. The van der Waals surface area contributed by atoms with Crippen molar-refractivity contribution < 1.29 is 0 Å². The first kappa shape index (κ1) is 14.6. The van der Waals surface area contributed by atoms with Gasteiger partial charge in [-0.1, -0.05) is 50.5 Å². The first-order chi connectivity index (χ1) is 9.54. The van der Waals surface area contributed by atoms with Crippen LogP contribution in [0.25, 0.3) is 10.2 Å². The van der Waals surface area contributed by atoms with Gasteiger partial charge in [-0.25, -0.2) is 4.98 Å². The fourth-order valence-electron chi connectivity index (χ4n) is 1.69. The Morgan fingerprint density at radius 3 is 2.65 bits per heavy atom. The Morgan fingerprint density at radius 1 is 1.05 bits per heavy atom. The molecule has 0 aliphatic carbocycles. The molecule has 0 saturated carbocycles. The molecule has 1 N–H and O–H groups in total. The van der Waals surface area contributed by atoms with Gasteiger partial charge in [0.2, 0.25) is 0 Å². The van der Waals surface area contributed by atoms with E-state index in [0.717, 1.165) is 30.0 Å². The first-order valence-corrected chi connectivity index (χ1v) is 8.67. The van der Waals surface area contributed by atoms with Gasteiger partial charge in [0, 0.05) is 8.95 Å². The van der Waals surface area contributed by atoms with E-state index in [0.29, 0.717) is 10.0 Å². The molecule has 0 unspecified atom stereocenters. The van der Waals surface area contributed by atoms with Crippen molar-refractivity contribution in [3.63, 3.8) is 0 Å². The van der Waals surface area contributed by atoms with Crippen LogP contribution in [-0.4, -0.2) is 4.98 Å². The number of fused-ring (bicyclic) bond motifs is 1. The Balaban J connectivity index is 1.99. The smallest absolute Gasteiger partial charge is 0.188 e. The second kappa shape index (κ2) is 5.81. The average Bonchev–Trinajstić information content (AvgIpc) is 2.81. The van der Waals surface area contributed by atoms with Crippen LogP contribution in [0.2, 0.25) is 10.0 Å². The summed E-state index contributed by atoms with van der Waals surface area (Å²) in [5.74, 6) is 0. The van der Waals surface area contributed by atoms with Gasteiger partial charge in [0.05, 0.1) is 25.9 Å². The second-order valence-corrected chi connectivity index (χ2v) is 7.54. The van der Waals surface area contributed by atoms with Gasteiger partial charge in [0.15, 0.2) is 5.13 Å². The highest BCUT2D eigenvalue weighted by molar-refractivity contribution is 9.10. The number of anilines is 2. The predicted octanol–water partition coefficient (Wildman–Crippen LogP) is 6.87. The maximum Gasteiger partial charge on any atom is 0.188 e. The van der Waals surface area contributed by atoms with Gasteiger partial charge in [-0.05, 0) is 46.3 Å². The van der Waals surface area contributed by atoms with Crippen molar-refractivity contribution in [2.24, 2.45) is 0 Å². The zero-order valence-electron chi connectivity index (χ0n) is 9.75. The van der Waals surface area contributed by atoms with Gasteiger partial charge in [0.1, 0.15) is 0 Å². The number of benzene rings is 2. The van der Waals surface area contributed by atoms with Crippen LogP contribution in [0.5, 0.6) is 0 Å². The first-order valence-electron chi connectivity index (χ1n) is 5.51. The van der Waals surface area contributed by atoms with Crippen molar-refractivity contribution in [2.45, 2.75) is 0 Å². The fourth-order valence-corrected chi connectivity index (χ4v) is 3.94. The second-order valence-electron chi connectivity index (χ2n) is 3.98. The number of nitrogens with one attached hydrogen (secondary N) is 1. The maximum atomic E-state index is 6.22. The molecule has 0 aliphatic heterocycles. The summed E-state index contributed by atoms with van der Waals surface area (Å²) < 4.78 is 2.90. The number of nitrogens with zero attached hydrogens (tertiary/aromatic N) is 1. The molecule has 7 heteroatoms. The Labute approximate surface area is 146 Å². The van der Waals surface area contributed by atoms with Crippen molar-refractivity contribution in [3.05, 3.63) is 49.3 Å². The van der Waals surface area contributed by atoms with E-state index in [1.807, 2.05) is 30.3 Å². The molecule has 0 atom stereocenters. The van der Waals surface area contributed by atoms with Crippen LogP contribution in [0.1, 0.15) is 0 Å². The molecule has 0 aliphatic rings. The third kappa shape index (κ3) is 2.83. The van der Waals surface area contributed by atoms with E-state index in [4.69, 9.17) is 23.2 Å². The van der Waals surface area contributed by atoms with Crippen molar-refractivity contribution >= 4 is 87.4 Å². The number of halogens is 4. The molecule has 0 fully saturated rings. The van der Waals surface area contributed by atoms with Crippen molar-refractivity contribution in [1.82, 2.24) is 4.98 Å². The van der Waals surface area contributed by atoms with Crippen LogP contribution in [-0.2, 0) is 0 Å². The summed E-state index contributed by atoms with van der Waals surface area (Å²) in [6.07, 6.45) is 0. The van der Waals surface area contributed by atoms with Crippen LogP contribution >= 0.6 is 66.4 Å². The molecule has 2 nitrogen and oxygen atoms in total. The normalized spacial score (nSPS) is 11.0. The average molecular weight is 453 g/mol. The van der Waals surface area contributed by atoms with E-state index in [1.165, 1.54) is 0 Å². The molecule has 0 spiro atoms. The van der Waals surface area contributed by atoms with E-state index in [1.54, 1.807) is 11.3 Å². The molecule has 3 rings (SSSR count). The molecule has 20 heavy (non-hydrogen) atoms. The highest BCUT2D eigenvalue weighted by Crippen LogP contribution is 2.38. The Kier molecular flexibility index (Phi) is 4.24. The van der Waals surface area contributed by atoms with Crippen LogP contribution < -0.4 is 5.32 Å². The van der Waals surface area contributed by atoms with E-state index in [2.05, 4.69) is 42.2 Å². The lowest BCUT2D eigenvalue weighted by molar-refractivity contribution is 1.44. The van der Waals surface area contributed by atoms with Crippen molar-refractivity contribution in [3.8, 4) is 0 Å². The third-order valence-electron chi connectivity index (χ3n) is 2.63. The number of thiazole rings is 1. The number of hydrogen-bond donors (Lipinski definition) is 1. The molecule has 2 aromatic carbocycles. The Hall–Kier alpha value is -0.330. The van der Waals surface area contributed by atoms with Gasteiger partial charge in [-0.2, -0.15) is 0 Å². The molecule has 1 heterocycles. The lowest BCUT2D eigenvalue weighted by Gasteiger charge is -2.07. The Bertz CT molecular complexity index is 804. The topological polar surface area (TPSA) is 24.9 Å². The molecule has 0 saturated heterocycles. The molecule has 0 radical (unpaired) electrons. The van der Waals surface area contributed by atoms with Crippen LogP contribution in [0.4, 0.5) is 10.8 Å². The lowest BCUT2D eigenvalue weighted by Crippen LogP contribution is -1.90. The summed E-state index contributed by atoms with van der Waals surface area (Å²) in [5, 5.41) is 4.94. The van der Waals surface area contributed by atoms with Gasteiger partial charge in [0.25, 0.3) is 0 Å². The zero-order valence-corrected chi connectivity index (χ0v) is 15.3. The van der Waals surface area contributed by atoms with E-state index >= 15 is 0 Å². The van der Waals surface area contributed by atoms with Crippen LogP contribution in [0.3, 0.4) is 0 Å². The summed E-state index contributed by atoms with van der Waals surface area (Å²) in [7, 11) is 0. The molecule has 1 aromatic heterocycles. The predicted molar refractivity (Wildman–Crippen MR) is 94.8 cm³/mol. The van der Waals surface area contributed by atoms with Crippen molar-refractivity contribution in [2.75, 3.05) is 5.32 Å². The molecule has 102 valence electrons. The summed E-state index contributed by atoms with van der Waals surface area (Å²) in [6, 6.07) is 9.68. The minimum Gasteiger partial charge on any atom is -0.330 e. The molecular formula is C13H6Br2Cl2N2S. The Morgan fingerprint density at radius 2 is 1.85 bits per heavy atom. The van der Waals surface area contributed by atoms with E-state index in [9.17, 15) is 0 Å². The highest BCUT2D eigenvalue weighted by atomic mass is 79.9. The van der Waals surface area contributed by atoms with Crippen LogP contribution in [0.15, 0.2) is 39.3 Å². The molecular weight excluding hydrogens is 447 g/mol. The molecule has 0 bridgehead atoms. The molecule has 3 aromatic rings. The van der Waals surface area contributed by atoms with E-state index in [-0.39, 0.29) is 0 Å². The van der Waals surface area contributed by atoms with Crippen LogP contribution in [0, 0.1) is 0 Å². The number of aromatic nitrogens is 1. The maximum absolute atomic E-state index is 6.22. The van der Waals surface area contributed by atoms with Gasteiger partial charge < -0.3 is 5.32 Å². The standard InChI is InChI=1S/C13H6Br2Cl2N2S/c14-6-1-3-8-10(5-6)20-13(18-8)19-9-4-2-7(15)11(16)12(9)17/h1-5H,(H,18,19). The number of hydrogen-bond acceptors (Lipinski definition) is 3. The largest absolute Gasteiger partial charge is 0.330 e. The van der Waals surface area contributed by atoms with Gasteiger partial charge >= 0.3 is 0 Å². The summed E-state index contributed by atoms with van der Waals surface area (Å²) in [4.78, 5) is 4.52. The summed E-state index contributed by atoms with van der Waals surface area (Å²) >= 11 is 20.7.